The van der Waals surface area contributed by atoms with E-state index in [0.717, 1.165) is 12.3 Å². The molecule has 0 amide bonds. The van der Waals surface area contributed by atoms with E-state index in [2.05, 4.69) is 19.1 Å². The summed E-state index contributed by atoms with van der Waals surface area (Å²) in [6.45, 7) is 4.36. The van der Waals surface area contributed by atoms with Gasteiger partial charge in [-0.05, 0) is 68.9 Å². The van der Waals surface area contributed by atoms with Crippen LogP contribution in [0.25, 0.3) is 0 Å². The Balaban J connectivity index is 1.82. The van der Waals surface area contributed by atoms with Gasteiger partial charge in [0.25, 0.3) is 0 Å². The minimum Gasteiger partial charge on any atom is -0.491 e. The van der Waals surface area contributed by atoms with Crippen molar-refractivity contribution in [2.24, 2.45) is 11.8 Å². The molecular weight excluding hydrogens is 294 g/mol. The summed E-state index contributed by atoms with van der Waals surface area (Å²) < 4.78 is 32.8. The first-order chi connectivity index (χ1) is 11.2. The second kappa shape index (κ2) is 9.05. The third kappa shape index (κ3) is 5.05. The lowest BCUT2D eigenvalue weighted by atomic mass is 9.81. The molecule has 1 fully saturated rings. The highest BCUT2D eigenvalue weighted by Crippen LogP contribution is 2.31. The van der Waals surface area contributed by atoms with Gasteiger partial charge in [0.1, 0.15) is 0 Å². The monoisotopic (exact) mass is 322 g/mol. The molecule has 0 unspecified atom stereocenters. The lowest BCUT2D eigenvalue weighted by Crippen LogP contribution is -2.12. The highest BCUT2D eigenvalue weighted by Gasteiger charge is 2.17. The molecule has 0 spiro atoms. The fourth-order valence-electron chi connectivity index (χ4n) is 3.35. The maximum absolute atomic E-state index is 14.0. The molecule has 0 radical (unpaired) electrons. The van der Waals surface area contributed by atoms with E-state index in [-0.39, 0.29) is 5.75 Å². The Morgan fingerprint density at radius 1 is 1.09 bits per heavy atom. The quantitative estimate of drug-likeness (QED) is 0.554. The molecule has 0 saturated heterocycles. The van der Waals surface area contributed by atoms with Gasteiger partial charge < -0.3 is 4.74 Å². The van der Waals surface area contributed by atoms with Crippen molar-refractivity contribution in [3.8, 4) is 5.75 Å². The molecule has 1 aromatic rings. The van der Waals surface area contributed by atoms with E-state index in [1.165, 1.54) is 38.2 Å². The second-order valence-electron chi connectivity index (χ2n) is 6.44. The molecule has 1 saturated carbocycles. The average Bonchev–Trinajstić information content (AvgIpc) is 2.58. The molecule has 0 aliphatic heterocycles. The van der Waals surface area contributed by atoms with Crippen molar-refractivity contribution in [3.63, 3.8) is 0 Å². The number of halogens is 2. The number of hydrogen-bond donors (Lipinski definition) is 0. The zero-order valence-corrected chi connectivity index (χ0v) is 14.3. The standard InChI is InChI=1S/C20H28F2O/c1-3-15-9-11-16(12-10-15)7-5-6-8-17-13-14-18(23-4-2)20(22)19(17)21/h5,7,13-16H,3-4,6,8-12H2,1-2H3/b7-5+. The van der Waals surface area contributed by atoms with Crippen LogP contribution in [-0.2, 0) is 6.42 Å². The average molecular weight is 322 g/mol. The molecule has 23 heavy (non-hydrogen) atoms. The molecule has 128 valence electrons. The molecule has 1 aromatic carbocycles. The SMILES string of the molecule is CCOc1ccc(CC/C=C/C2CCC(CC)CC2)c(F)c1F. The predicted octanol–water partition coefficient (Wildman–Crippen LogP) is 6.07. The Hall–Kier alpha value is -1.38. The van der Waals surface area contributed by atoms with E-state index in [1.54, 1.807) is 13.0 Å². The number of allylic oxidation sites excluding steroid dienone is 2. The van der Waals surface area contributed by atoms with Crippen LogP contribution >= 0.6 is 0 Å². The van der Waals surface area contributed by atoms with Crippen LogP contribution in [-0.4, -0.2) is 6.61 Å². The predicted molar refractivity (Wildman–Crippen MR) is 90.7 cm³/mol. The molecule has 0 aromatic heterocycles. The van der Waals surface area contributed by atoms with Crippen LogP contribution in [0.1, 0.15) is 57.9 Å². The second-order valence-corrected chi connectivity index (χ2v) is 6.44. The third-order valence-electron chi connectivity index (χ3n) is 4.88. The minimum atomic E-state index is -0.869. The molecule has 1 aliphatic carbocycles. The summed E-state index contributed by atoms with van der Waals surface area (Å²) in [6, 6.07) is 3.15. The van der Waals surface area contributed by atoms with Crippen molar-refractivity contribution < 1.29 is 13.5 Å². The molecule has 0 N–H and O–H groups in total. The Morgan fingerprint density at radius 2 is 1.83 bits per heavy atom. The number of aryl methyl sites for hydroxylation is 1. The van der Waals surface area contributed by atoms with Gasteiger partial charge in [0.2, 0.25) is 5.82 Å². The number of hydrogen-bond acceptors (Lipinski definition) is 1. The fraction of sp³-hybridized carbons (Fsp3) is 0.600. The van der Waals surface area contributed by atoms with Crippen LogP contribution in [0.15, 0.2) is 24.3 Å². The molecule has 0 bridgehead atoms. The van der Waals surface area contributed by atoms with Gasteiger partial charge >= 0.3 is 0 Å². The lowest BCUT2D eigenvalue weighted by molar-refractivity contribution is 0.303. The van der Waals surface area contributed by atoms with E-state index in [9.17, 15) is 8.78 Å². The van der Waals surface area contributed by atoms with Crippen LogP contribution in [0.2, 0.25) is 0 Å². The number of benzene rings is 1. The van der Waals surface area contributed by atoms with Crippen LogP contribution in [0.4, 0.5) is 8.78 Å². The minimum absolute atomic E-state index is 0.00280. The number of ether oxygens (including phenoxy) is 1. The van der Waals surface area contributed by atoms with Gasteiger partial charge in [-0.3, -0.25) is 0 Å². The topological polar surface area (TPSA) is 9.23 Å². The van der Waals surface area contributed by atoms with Crippen LogP contribution in [0.3, 0.4) is 0 Å². The largest absolute Gasteiger partial charge is 0.491 e. The molecule has 0 atom stereocenters. The van der Waals surface area contributed by atoms with Crippen molar-refractivity contribution in [2.75, 3.05) is 6.61 Å². The normalized spacial score (nSPS) is 21.7. The summed E-state index contributed by atoms with van der Waals surface area (Å²) in [5.74, 6) is -0.0729. The molecular formula is C20H28F2O. The van der Waals surface area contributed by atoms with Gasteiger partial charge in [-0.15, -0.1) is 0 Å². The van der Waals surface area contributed by atoms with Crippen molar-refractivity contribution in [1.82, 2.24) is 0 Å². The molecule has 1 nitrogen and oxygen atoms in total. The molecule has 1 aliphatic rings. The number of rotatable bonds is 7. The van der Waals surface area contributed by atoms with E-state index in [0.29, 0.717) is 24.5 Å². The first-order valence-electron chi connectivity index (χ1n) is 8.92. The van der Waals surface area contributed by atoms with Crippen molar-refractivity contribution in [2.45, 2.75) is 58.8 Å². The van der Waals surface area contributed by atoms with Crippen LogP contribution < -0.4 is 4.74 Å². The lowest BCUT2D eigenvalue weighted by Gasteiger charge is -2.25. The van der Waals surface area contributed by atoms with Crippen molar-refractivity contribution in [3.05, 3.63) is 41.5 Å². The Labute approximate surface area is 138 Å². The zero-order valence-electron chi connectivity index (χ0n) is 14.3. The van der Waals surface area contributed by atoms with Gasteiger partial charge in [-0.25, -0.2) is 4.39 Å². The summed E-state index contributed by atoms with van der Waals surface area (Å²) >= 11 is 0. The molecule has 0 heterocycles. The summed E-state index contributed by atoms with van der Waals surface area (Å²) in [4.78, 5) is 0. The zero-order chi connectivity index (χ0) is 16.7. The Kier molecular flexibility index (Phi) is 7.07. The van der Waals surface area contributed by atoms with Gasteiger partial charge in [0.15, 0.2) is 11.6 Å². The van der Waals surface area contributed by atoms with Crippen LogP contribution in [0.5, 0.6) is 5.75 Å². The Bertz CT molecular complexity index is 517. The van der Waals surface area contributed by atoms with Crippen molar-refractivity contribution in [1.29, 1.82) is 0 Å². The van der Waals surface area contributed by atoms with Gasteiger partial charge in [0, 0.05) is 0 Å². The van der Waals surface area contributed by atoms with E-state index < -0.39 is 11.6 Å². The fourth-order valence-corrected chi connectivity index (χ4v) is 3.35. The summed E-state index contributed by atoms with van der Waals surface area (Å²) in [5.41, 5.74) is 0.422. The van der Waals surface area contributed by atoms with E-state index >= 15 is 0 Å². The van der Waals surface area contributed by atoms with E-state index in [4.69, 9.17) is 4.74 Å². The highest BCUT2D eigenvalue weighted by atomic mass is 19.2. The first kappa shape index (κ1) is 18.0. The summed E-state index contributed by atoms with van der Waals surface area (Å²) in [6.07, 6.45) is 12.1. The first-order valence-corrected chi connectivity index (χ1v) is 8.92. The van der Waals surface area contributed by atoms with Crippen molar-refractivity contribution >= 4 is 0 Å². The highest BCUT2D eigenvalue weighted by molar-refractivity contribution is 5.31. The maximum atomic E-state index is 14.0. The van der Waals surface area contributed by atoms with E-state index in [1.807, 2.05) is 0 Å². The van der Waals surface area contributed by atoms with Gasteiger partial charge in [-0.1, -0.05) is 31.6 Å². The Morgan fingerprint density at radius 3 is 2.48 bits per heavy atom. The maximum Gasteiger partial charge on any atom is 0.200 e. The van der Waals surface area contributed by atoms with Gasteiger partial charge in [-0.2, -0.15) is 4.39 Å². The summed E-state index contributed by atoms with van der Waals surface area (Å²) in [7, 11) is 0. The summed E-state index contributed by atoms with van der Waals surface area (Å²) in [5, 5.41) is 0. The molecule has 2 rings (SSSR count). The van der Waals surface area contributed by atoms with Gasteiger partial charge in [0.05, 0.1) is 6.61 Å². The third-order valence-corrected chi connectivity index (χ3v) is 4.88. The van der Waals surface area contributed by atoms with Crippen LogP contribution in [0, 0.1) is 23.5 Å². The molecule has 3 heteroatoms. The smallest absolute Gasteiger partial charge is 0.200 e.